The number of carboxylic acids is 1. The lowest BCUT2D eigenvalue weighted by molar-refractivity contribution is -0.144. The Kier molecular flexibility index (Phi) is 3.95. The minimum atomic E-state index is -0.848. The molecule has 0 saturated carbocycles. The van der Waals surface area contributed by atoms with E-state index < -0.39 is 12.0 Å². The molecule has 1 atom stereocenters. The monoisotopic (exact) mass is 336 g/mol. The summed E-state index contributed by atoms with van der Waals surface area (Å²) in [6.45, 7) is 0.965. The van der Waals surface area contributed by atoms with Crippen LogP contribution in [-0.2, 0) is 24.3 Å². The van der Waals surface area contributed by atoms with Crippen LogP contribution in [0.2, 0.25) is 0 Å². The molecule has 2 N–H and O–H groups in total. The second-order valence-corrected chi connectivity index (χ2v) is 5.92. The molecular formula is C17H16N6O2. The minimum Gasteiger partial charge on any atom is -0.480 e. The van der Waals surface area contributed by atoms with Gasteiger partial charge in [0.05, 0.1) is 17.7 Å². The fourth-order valence-corrected chi connectivity index (χ4v) is 3.00. The first-order valence-electron chi connectivity index (χ1n) is 7.91. The fraction of sp³-hybridized carbons (Fsp3) is 0.235. The number of carbonyl (C=O) groups is 1. The molecule has 0 aromatic carbocycles. The van der Waals surface area contributed by atoms with Crippen molar-refractivity contribution in [3.63, 3.8) is 0 Å². The number of imidazole rings is 1. The fourth-order valence-electron chi connectivity index (χ4n) is 3.00. The van der Waals surface area contributed by atoms with Gasteiger partial charge in [-0.05, 0) is 12.1 Å². The number of nitrogens with one attached hydrogen (secondary N) is 1. The Morgan fingerprint density at radius 1 is 1.24 bits per heavy atom. The predicted molar refractivity (Wildman–Crippen MR) is 88.2 cm³/mol. The van der Waals surface area contributed by atoms with Crippen LogP contribution in [0.15, 0.2) is 43.1 Å². The number of hydrogen-bond donors (Lipinski definition) is 2. The van der Waals surface area contributed by atoms with Crippen molar-refractivity contribution < 1.29 is 9.90 Å². The molecule has 1 unspecified atom stereocenters. The van der Waals surface area contributed by atoms with Crippen molar-refractivity contribution in [2.24, 2.45) is 0 Å². The largest absolute Gasteiger partial charge is 0.480 e. The number of H-pyrrole nitrogens is 1. The van der Waals surface area contributed by atoms with E-state index in [1.165, 1.54) is 0 Å². The summed E-state index contributed by atoms with van der Waals surface area (Å²) in [5.41, 5.74) is 3.35. The van der Waals surface area contributed by atoms with Crippen LogP contribution in [0.25, 0.3) is 11.5 Å². The number of pyridine rings is 1. The number of carboxylic acid groups (broad SMARTS) is 1. The van der Waals surface area contributed by atoms with Crippen LogP contribution in [-0.4, -0.2) is 46.9 Å². The van der Waals surface area contributed by atoms with E-state index in [4.69, 9.17) is 0 Å². The average molecular weight is 336 g/mol. The second-order valence-electron chi connectivity index (χ2n) is 5.92. The molecule has 25 heavy (non-hydrogen) atoms. The zero-order chi connectivity index (χ0) is 17.2. The van der Waals surface area contributed by atoms with E-state index in [-0.39, 0.29) is 0 Å². The highest BCUT2D eigenvalue weighted by atomic mass is 16.4. The molecular weight excluding hydrogens is 320 g/mol. The number of rotatable bonds is 4. The van der Waals surface area contributed by atoms with Gasteiger partial charge in [0.2, 0.25) is 0 Å². The van der Waals surface area contributed by atoms with E-state index in [1.807, 2.05) is 23.1 Å². The first-order valence-corrected chi connectivity index (χ1v) is 7.91. The molecule has 8 heteroatoms. The van der Waals surface area contributed by atoms with E-state index in [0.717, 1.165) is 17.0 Å². The quantitative estimate of drug-likeness (QED) is 0.738. The van der Waals surface area contributed by atoms with Crippen molar-refractivity contribution in [2.45, 2.75) is 25.6 Å². The van der Waals surface area contributed by atoms with Gasteiger partial charge in [-0.15, -0.1) is 0 Å². The first-order chi connectivity index (χ1) is 12.2. The van der Waals surface area contributed by atoms with Crippen LogP contribution in [0.1, 0.15) is 17.0 Å². The summed E-state index contributed by atoms with van der Waals surface area (Å²) in [5, 5.41) is 9.52. The maximum Gasteiger partial charge on any atom is 0.321 e. The Bertz CT molecular complexity index is 878. The van der Waals surface area contributed by atoms with Gasteiger partial charge in [-0.2, -0.15) is 0 Å². The van der Waals surface area contributed by atoms with Gasteiger partial charge in [-0.25, -0.2) is 15.0 Å². The molecule has 0 spiro atoms. The van der Waals surface area contributed by atoms with Crippen LogP contribution < -0.4 is 0 Å². The number of nitrogens with zero attached hydrogens (tertiary/aromatic N) is 5. The maximum absolute atomic E-state index is 11.6. The SMILES string of the molecule is O=C(O)C1Cc2nc[nH]c2CN1Cc1cnc(-c2ccccn2)nc1. The average Bonchev–Trinajstić information content (AvgIpc) is 3.10. The van der Waals surface area contributed by atoms with E-state index >= 15 is 0 Å². The van der Waals surface area contributed by atoms with Crippen molar-refractivity contribution in [3.8, 4) is 11.5 Å². The molecule has 1 aliphatic rings. The van der Waals surface area contributed by atoms with Gasteiger partial charge in [-0.1, -0.05) is 6.07 Å². The van der Waals surface area contributed by atoms with Crippen molar-refractivity contribution in [3.05, 3.63) is 60.1 Å². The van der Waals surface area contributed by atoms with Crippen molar-refractivity contribution >= 4 is 5.97 Å². The lowest BCUT2D eigenvalue weighted by atomic mass is 10.0. The molecule has 0 aliphatic carbocycles. The van der Waals surface area contributed by atoms with E-state index in [9.17, 15) is 9.90 Å². The summed E-state index contributed by atoms with van der Waals surface area (Å²) >= 11 is 0. The Morgan fingerprint density at radius 3 is 2.80 bits per heavy atom. The number of fused-ring (bicyclic) bond motifs is 1. The molecule has 0 radical (unpaired) electrons. The Balaban J connectivity index is 1.54. The van der Waals surface area contributed by atoms with E-state index in [2.05, 4.69) is 24.9 Å². The smallest absolute Gasteiger partial charge is 0.321 e. The lowest BCUT2D eigenvalue weighted by Gasteiger charge is -2.32. The Labute approximate surface area is 143 Å². The molecule has 126 valence electrons. The normalized spacial score (nSPS) is 17.2. The summed E-state index contributed by atoms with van der Waals surface area (Å²) in [5.74, 6) is -0.298. The molecule has 4 rings (SSSR count). The van der Waals surface area contributed by atoms with Gasteiger partial charge in [0.15, 0.2) is 5.82 Å². The number of aromatic nitrogens is 5. The molecule has 0 saturated heterocycles. The summed E-state index contributed by atoms with van der Waals surface area (Å²) in [6, 6.07) is 4.96. The van der Waals surface area contributed by atoms with Gasteiger partial charge in [0.25, 0.3) is 0 Å². The third kappa shape index (κ3) is 3.11. The lowest BCUT2D eigenvalue weighted by Crippen LogP contribution is -2.45. The molecule has 3 aromatic rings. The van der Waals surface area contributed by atoms with E-state index in [0.29, 0.717) is 31.0 Å². The second kappa shape index (κ2) is 6.40. The molecule has 8 nitrogen and oxygen atoms in total. The topological polar surface area (TPSA) is 108 Å². The van der Waals surface area contributed by atoms with Crippen LogP contribution in [0.4, 0.5) is 0 Å². The van der Waals surface area contributed by atoms with Gasteiger partial charge in [-0.3, -0.25) is 14.7 Å². The first kappa shape index (κ1) is 15.4. The standard InChI is InChI=1S/C17H16N6O2/c24-17(25)15-5-13-14(22-10-21-13)9-23(15)8-11-6-19-16(20-7-11)12-3-1-2-4-18-12/h1-4,6-7,10,15H,5,8-9H2,(H,21,22)(H,24,25). The zero-order valence-electron chi connectivity index (χ0n) is 13.3. The van der Waals surface area contributed by atoms with Crippen molar-refractivity contribution in [1.29, 1.82) is 0 Å². The van der Waals surface area contributed by atoms with Crippen LogP contribution in [0, 0.1) is 0 Å². The minimum absolute atomic E-state index is 0.390. The highest BCUT2D eigenvalue weighted by Crippen LogP contribution is 2.23. The molecule has 3 aromatic heterocycles. The van der Waals surface area contributed by atoms with E-state index in [1.54, 1.807) is 24.9 Å². The highest BCUT2D eigenvalue weighted by molar-refractivity contribution is 5.74. The van der Waals surface area contributed by atoms with Gasteiger partial charge >= 0.3 is 5.97 Å². The van der Waals surface area contributed by atoms with Gasteiger partial charge < -0.3 is 10.1 Å². The zero-order valence-corrected chi connectivity index (χ0v) is 13.3. The Hall–Kier alpha value is -3.13. The number of aliphatic carboxylic acids is 1. The maximum atomic E-state index is 11.6. The van der Waals surface area contributed by atoms with Crippen LogP contribution in [0.5, 0.6) is 0 Å². The van der Waals surface area contributed by atoms with Gasteiger partial charge in [0.1, 0.15) is 11.7 Å². The highest BCUT2D eigenvalue weighted by Gasteiger charge is 2.32. The van der Waals surface area contributed by atoms with Crippen molar-refractivity contribution in [1.82, 2.24) is 29.8 Å². The predicted octanol–water partition coefficient (Wildman–Crippen LogP) is 1.27. The van der Waals surface area contributed by atoms with Crippen molar-refractivity contribution in [2.75, 3.05) is 0 Å². The molecule has 4 heterocycles. The number of aromatic amines is 1. The number of hydrogen-bond acceptors (Lipinski definition) is 6. The van der Waals surface area contributed by atoms with Crippen LogP contribution in [0.3, 0.4) is 0 Å². The molecule has 0 amide bonds. The molecule has 0 bridgehead atoms. The summed E-state index contributed by atoms with van der Waals surface area (Å²) in [7, 11) is 0. The Morgan fingerprint density at radius 2 is 2.08 bits per heavy atom. The third-order valence-corrected chi connectivity index (χ3v) is 4.27. The van der Waals surface area contributed by atoms with Crippen LogP contribution >= 0.6 is 0 Å². The molecule has 0 fully saturated rings. The third-order valence-electron chi connectivity index (χ3n) is 4.27. The summed E-state index contributed by atoms with van der Waals surface area (Å²) in [6.07, 6.45) is 7.13. The molecule has 1 aliphatic heterocycles. The summed E-state index contributed by atoms with van der Waals surface area (Å²) in [4.78, 5) is 33.7. The summed E-state index contributed by atoms with van der Waals surface area (Å²) < 4.78 is 0. The van der Waals surface area contributed by atoms with Gasteiger partial charge in [0, 0.05) is 43.7 Å².